The summed E-state index contributed by atoms with van der Waals surface area (Å²) >= 11 is 0. The van der Waals surface area contributed by atoms with Gasteiger partial charge in [0.15, 0.2) is 0 Å². The van der Waals surface area contributed by atoms with E-state index in [1.54, 1.807) is 37.4 Å². The molecule has 0 saturated heterocycles. The molecule has 0 saturated carbocycles. The zero-order valence-corrected chi connectivity index (χ0v) is 18.0. The largest absolute Gasteiger partial charge is 0.497 e. The molecule has 1 heterocycles. The Morgan fingerprint density at radius 1 is 1.00 bits per heavy atom. The maximum absolute atomic E-state index is 13.0. The number of anilines is 2. The highest BCUT2D eigenvalue weighted by Gasteiger charge is 2.38. The fraction of sp³-hybridized carbons (Fsp3) is 0.200. The van der Waals surface area contributed by atoms with Crippen LogP contribution in [0.5, 0.6) is 5.75 Å². The number of methoxy groups -OCH3 is 1. The average Bonchev–Trinajstić information content (AvgIpc) is 3.29. The number of hydrogen-bond donors (Lipinski definition) is 2. The van der Waals surface area contributed by atoms with Crippen LogP contribution in [0.3, 0.4) is 0 Å². The van der Waals surface area contributed by atoms with Gasteiger partial charge in [0.25, 0.3) is 10.0 Å². The fourth-order valence-electron chi connectivity index (χ4n) is 4.62. The van der Waals surface area contributed by atoms with Gasteiger partial charge in [-0.05, 0) is 65.9 Å². The number of sulfonamides is 1. The predicted octanol–water partition coefficient (Wildman–Crippen LogP) is 5.32. The minimum atomic E-state index is -3.67. The summed E-state index contributed by atoms with van der Waals surface area (Å²) in [4.78, 5) is 0.274. The van der Waals surface area contributed by atoms with E-state index in [0.29, 0.717) is 11.6 Å². The van der Waals surface area contributed by atoms with Crippen molar-refractivity contribution in [3.05, 3.63) is 96.1 Å². The number of hydrogen-bond acceptors (Lipinski definition) is 4. The van der Waals surface area contributed by atoms with Crippen molar-refractivity contribution >= 4 is 21.4 Å². The van der Waals surface area contributed by atoms with Gasteiger partial charge in [0.1, 0.15) is 5.75 Å². The first-order chi connectivity index (χ1) is 15.0. The van der Waals surface area contributed by atoms with E-state index in [0.717, 1.165) is 23.4 Å². The van der Waals surface area contributed by atoms with E-state index in [1.807, 2.05) is 30.3 Å². The zero-order chi connectivity index (χ0) is 21.4. The highest BCUT2D eigenvalue weighted by Crippen LogP contribution is 2.50. The number of nitrogens with one attached hydrogen (secondary N) is 2. The molecular weight excluding hydrogens is 408 g/mol. The molecule has 2 aliphatic rings. The molecule has 1 aliphatic carbocycles. The first-order valence-electron chi connectivity index (χ1n) is 10.3. The molecule has 3 aromatic carbocycles. The standard InChI is InChI=1S/C25H24N2O3S/c1-30-19-10-5-7-17(15-19)25-22-12-6-11-21(22)23-16-20(13-14-24(23)26-25)31(28,29)27-18-8-3-2-4-9-18/h2-11,13-16,21-22,25-27H,12H2,1H3/t21?,22?,25-/m1/s1. The summed E-state index contributed by atoms with van der Waals surface area (Å²) in [6.07, 6.45) is 5.35. The Kier molecular flexibility index (Phi) is 4.94. The van der Waals surface area contributed by atoms with Gasteiger partial charge in [0.2, 0.25) is 0 Å². The third-order valence-electron chi connectivity index (χ3n) is 6.12. The third-order valence-corrected chi connectivity index (χ3v) is 7.50. The van der Waals surface area contributed by atoms with Crippen molar-refractivity contribution in [1.82, 2.24) is 0 Å². The Labute approximate surface area is 182 Å². The normalized spacial score (nSPS) is 21.6. The summed E-state index contributed by atoms with van der Waals surface area (Å²) in [7, 11) is -1.99. The first kappa shape index (κ1) is 19.7. The van der Waals surface area contributed by atoms with Crippen LogP contribution in [0, 0.1) is 5.92 Å². The van der Waals surface area contributed by atoms with Crippen molar-refractivity contribution in [1.29, 1.82) is 0 Å². The van der Waals surface area contributed by atoms with Gasteiger partial charge < -0.3 is 10.1 Å². The summed E-state index contributed by atoms with van der Waals surface area (Å²) in [5.41, 5.74) is 3.72. The van der Waals surface area contributed by atoms with Crippen LogP contribution in [-0.4, -0.2) is 15.5 Å². The molecule has 158 valence electrons. The lowest BCUT2D eigenvalue weighted by atomic mass is 9.77. The SMILES string of the molecule is COc1cccc([C@H]2Nc3ccc(S(=O)(=O)Nc4ccccc4)cc3C3C=CCC32)c1. The molecule has 5 nitrogen and oxygen atoms in total. The maximum atomic E-state index is 13.0. The number of para-hydroxylation sites is 1. The number of fused-ring (bicyclic) bond motifs is 3. The molecule has 0 bridgehead atoms. The minimum absolute atomic E-state index is 0.132. The van der Waals surface area contributed by atoms with Crippen LogP contribution in [0.4, 0.5) is 11.4 Å². The second-order valence-corrected chi connectivity index (χ2v) is 9.66. The molecule has 3 atom stereocenters. The van der Waals surface area contributed by atoms with Crippen LogP contribution in [0.2, 0.25) is 0 Å². The summed E-state index contributed by atoms with van der Waals surface area (Å²) in [5.74, 6) is 1.32. The van der Waals surface area contributed by atoms with Crippen molar-refractivity contribution in [3.8, 4) is 5.75 Å². The monoisotopic (exact) mass is 432 g/mol. The molecule has 0 aromatic heterocycles. The molecule has 6 heteroatoms. The van der Waals surface area contributed by atoms with E-state index in [4.69, 9.17) is 4.74 Å². The quantitative estimate of drug-likeness (QED) is 0.535. The predicted molar refractivity (Wildman–Crippen MR) is 123 cm³/mol. The van der Waals surface area contributed by atoms with Crippen LogP contribution in [0.1, 0.15) is 29.5 Å². The Hall–Kier alpha value is -3.25. The summed E-state index contributed by atoms with van der Waals surface area (Å²) in [6.45, 7) is 0. The number of ether oxygens (including phenoxy) is 1. The molecule has 0 spiro atoms. The summed E-state index contributed by atoms with van der Waals surface area (Å²) in [5, 5.41) is 3.65. The second kappa shape index (κ2) is 7.78. The Morgan fingerprint density at radius 2 is 1.84 bits per heavy atom. The highest BCUT2D eigenvalue weighted by atomic mass is 32.2. The van der Waals surface area contributed by atoms with Crippen molar-refractivity contribution in [2.45, 2.75) is 23.3 Å². The lowest BCUT2D eigenvalue weighted by Gasteiger charge is -2.37. The van der Waals surface area contributed by atoms with Gasteiger partial charge in [-0.15, -0.1) is 0 Å². The van der Waals surface area contributed by atoms with Crippen LogP contribution >= 0.6 is 0 Å². The first-order valence-corrected chi connectivity index (χ1v) is 11.8. The van der Waals surface area contributed by atoms with Gasteiger partial charge in [-0.3, -0.25) is 4.72 Å². The molecular formula is C25H24N2O3S. The number of rotatable bonds is 5. The molecule has 0 fully saturated rings. The molecule has 2 N–H and O–H groups in total. The van der Waals surface area contributed by atoms with Gasteiger partial charge >= 0.3 is 0 Å². The molecule has 0 radical (unpaired) electrons. The summed E-state index contributed by atoms with van der Waals surface area (Å²) < 4.78 is 34.0. The smallest absolute Gasteiger partial charge is 0.261 e. The third kappa shape index (κ3) is 3.68. The van der Waals surface area contributed by atoms with Crippen molar-refractivity contribution in [2.24, 2.45) is 5.92 Å². The maximum Gasteiger partial charge on any atom is 0.261 e. The molecule has 31 heavy (non-hydrogen) atoms. The minimum Gasteiger partial charge on any atom is -0.497 e. The van der Waals surface area contributed by atoms with E-state index >= 15 is 0 Å². The van der Waals surface area contributed by atoms with Crippen LogP contribution < -0.4 is 14.8 Å². The fourth-order valence-corrected chi connectivity index (χ4v) is 5.72. The average molecular weight is 433 g/mol. The van der Waals surface area contributed by atoms with Crippen LogP contribution in [0.15, 0.2) is 89.8 Å². The van der Waals surface area contributed by atoms with E-state index in [1.165, 1.54) is 5.56 Å². The van der Waals surface area contributed by atoms with Crippen LogP contribution in [0.25, 0.3) is 0 Å². The molecule has 2 unspecified atom stereocenters. The Balaban J connectivity index is 1.49. The van der Waals surface area contributed by atoms with E-state index in [2.05, 4.69) is 34.3 Å². The van der Waals surface area contributed by atoms with Crippen molar-refractivity contribution < 1.29 is 13.2 Å². The molecule has 0 amide bonds. The highest BCUT2D eigenvalue weighted by molar-refractivity contribution is 7.92. The lowest BCUT2D eigenvalue weighted by Crippen LogP contribution is -2.29. The Morgan fingerprint density at radius 3 is 2.65 bits per heavy atom. The molecule has 5 rings (SSSR count). The molecule has 1 aliphatic heterocycles. The molecule has 3 aromatic rings. The van der Waals surface area contributed by atoms with E-state index < -0.39 is 10.0 Å². The number of allylic oxidation sites excluding steroid dienone is 2. The van der Waals surface area contributed by atoms with Gasteiger partial charge in [-0.2, -0.15) is 0 Å². The van der Waals surface area contributed by atoms with Gasteiger partial charge in [0.05, 0.1) is 18.0 Å². The lowest BCUT2D eigenvalue weighted by molar-refractivity contribution is 0.406. The van der Waals surface area contributed by atoms with Crippen molar-refractivity contribution in [3.63, 3.8) is 0 Å². The van der Waals surface area contributed by atoms with Gasteiger partial charge in [-0.25, -0.2) is 8.42 Å². The van der Waals surface area contributed by atoms with Crippen molar-refractivity contribution in [2.75, 3.05) is 17.1 Å². The van der Waals surface area contributed by atoms with Gasteiger partial charge in [-0.1, -0.05) is 42.5 Å². The van der Waals surface area contributed by atoms with E-state index in [9.17, 15) is 8.42 Å². The zero-order valence-electron chi connectivity index (χ0n) is 17.2. The summed E-state index contributed by atoms with van der Waals surface area (Å²) in [6, 6.07) is 22.6. The van der Waals surface area contributed by atoms with Gasteiger partial charge in [0, 0.05) is 17.3 Å². The van der Waals surface area contributed by atoms with E-state index in [-0.39, 0.29) is 16.9 Å². The number of benzene rings is 3. The Bertz CT molecular complexity index is 1240. The topological polar surface area (TPSA) is 67.4 Å². The van der Waals surface area contributed by atoms with Crippen LogP contribution in [-0.2, 0) is 10.0 Å². The second-order valence-electron chi connectivity index (χ2n) is 7.97.